The summed E-state index contributed by atoms with van der Waals surface area (Å²) in [6.45, 7) is 0.351. The fourth-order valence-electron chi connectivity index (χ4n) is 2.65. The maximum absolute atomic E-state index is 11.8. The molecule has 110 valence electrons. The van der Waals surface area contributed by atoms with Gasteiger partial charge >= 0.3 is 0 Å². The third kappa shape index (κ3) is 4.31. The molecule has 6 heteroatoms. The molecule has 1 amide bonds. The van der Waals surface area contributed by atoms with Gasteiger partial charge in [-0.25, -0.2) is 13.6 Å². The first-order valence-electron chi connectivity index (χ1n) is 6.81. The van der Waals surface area contributed by atoms with Crippen LogP contribution < -0.4 is 10.5 Å². The van der Waals surface area contributed by atoms with E-state index in [-0.39, 0.29) is 17.6 Å². The zero-order chi connectivity index (χ0) is 14.6. The summed E-state index contributed by atoms with van der Waals surface area (Å²) in [4.78, 5) is 11.8. The van der Waals surface area contributed by atoms with Crippen molar-refractivity contribution in [3.63, 3.8) is 0 Å². The largest absolute Gasteiger partial charge is 0.356 e. The second kappa shape index (κ2) is 6.37. The molecule has 0 spiro atoms. The van der Waals surface area contributed by atoms with Crippen LogP contribution in [0, 0.1) is 0 Å². The third-order valence-corrected chi connectivity index (χ3v) is 4.47. The number of carbonyl (C=O) groups is 1. The Bertz CT molecular complexity index is 584. The molecule has 20 heavy (non-hydrogen) atoms. The smallest absolute Gasteiger partial charge is 0.220 e. The van der Waals surface area contributed by atoms with E-state index in [1.807, 2.05) is 12.1 Å². The number of nitrogens with one attached hydrogen (secondary N) is 1. The van der Waals surface area contributed by atoms with Crippen molar-refractivity contribution in [1.29, 1.82) is 0 Å². The molecule has 1 atom stereocenters. The van der Waals surface area contributed by atoms with Crippen molar-refractivity contribution >= 4 is 15.9 Å². The number of hydrogen-bond donors (Lipinski definition) is 2. The topological polar surface area (TPSA) is 89.3 Å². The van der Waals surface area contributed by atoms with Crippen LogP contribution in [0.3, 0.4) is 0 Å². The summed E-state index contributed by atoms with van der Waals surface area (Å²) in [5, 5.41) is 7.65. The molecule has 0 saturated carbocycles. The number of aryl methyl sites for hydroxylation is 1. The van der Waals surface area contributed by atoms with Gasteiger partial charge in [0, 0.05) is 13.0 Å². The summed E-state index contributed by atoms with van der Waals surface area (Å²) < 4.78 is 21.5. The van der Waals surface area contributed by atoms with E-state index in [2.05, 4.69) is 17.4 Å². The number of benzene rings is 1. The van der Waals surface area contributed by atoms with Crippen molar-refractivity contribution in [3.8, 4) is 0 Å². The summed E-state index contributed by atoms with van der Waals surface area (Å²) in [6.07, 6.45) is 2.85. The van der Waals surface area contributed by atoms with Crippen LogP contribution in [0.5, 0.6) is 0 Å². The first kappa shape index (κ1) is 15.0. The summed E-state index contributed by atoms with van der Waals surface area (Å²) in [5.74, 6) is 0.157. The average Bonchev–Trinajstić information content (AvgIpc) is 2.77. The monoisotopic (exact) mass is 296 g/mol. The maximum Gasteiger partial charge on any atom is 0.220 e. The second-order valence-electron chi connectivity index (χ2n) is 5.21. The zero-order valence-electron chi connectivity index (χ0n) is 11.3. The van der Waals surface area contributed by atoms with E-state index in [0.29, 0.717) is 19.4 Å². The molecule has 3 N–H and O–H groups in total. The molecule has 1 aliphatic rings. The highest BCUT2D eigenvalue weighted by atomic mass is 32.2. The molecule has 0 aromatic heterocycles. The van der Waals surface area contributed by atoms with Crippen LogP contribution in [0.2, 0.25) is 0 Å². The summed E-state index contributed by atoms with van der Waals surface area (Å²) >= 11 is 0. The van der Waals surface area contributed by atoms with Gasteiger partial charge in [0.15, 0.2) is 0 Å². The van der Waals surface area contributed by atoms with E-state index in [9.17, 15) is 13.2 Å². The van der Waals surface area contributed by atoms with Crippen molar-refractivity contribution < 1.29 is 13.2 Å². The van der Waals surface area contributed by atoms with Gasteiger partial charge in [-0.15, -0.1) is 0 Å². The van der Waals surface area contributed by atoms with Gasteiger partial charge in [0.2, 0.25) is 15.9 Å². The Morgan fingerprint density at radius 1 is 1.35 bits per heavy atom. The Morgan fingerprint density at radius 2 is 2.10 bits per heavy atom. The second-order valence-corrected chi connectivity index (χ2v) is 6.94. The van der Waals surface area contributed by atoms with Gasteiger partial charge in [0.1, 0.15) is 0 Å². The minimum atomic E-state index is -3.44. The van der Waals surface area contributed by atoms with Gasteiger partial charge in [-0.1, -0.05) is 24.3 Å². The number of carbonyl (C=O) groups excluding carboxylic acids is 1. The van der Waals surface area contributed by atoms with Crippen LogP contribution in [0.1, 0.15) is 36.3 Å². The lowest BCUT2D eigenvalue weighted by Crippen LogP contribution is -2.28. The van der Waals surface area contributed by atoms with Gasteiger partial charge < -0.3 is 5.32 Å². The van der Waals surface area contributed by atoms with Crippen molar-refractivity contribution in [3.05, 3.63) is 35.4 Å². The summed E-state index contributed by atoms with van der Waals surface area (Å²) in [6, 6.07) is 8.22. The van der Waals surface area contributed by atoms with Gasteiger partial charge in [-0.2, -0.15) is 0 Å². The lowest BCUT2D eigenvalue weighted by molar-refractivity contribution is -0.121. The van der Waals surface area contributed by atoms with Crippen molar-refractivity contribution in [1.82, 2.24) is 5.32 Å². The van der Waals surface area contributed by atoms with Gasteiger partial charge in [0.05, 0.1) is 5.75 Å². The molecule has 1 unspecified atom stereocenters. The maximum atomic E-state index is 11.8. The van der Waals surface area contributed by atoms with Crippen LogP contribution in [0.4, 0.5) is 0 Å². The average molecular weight is 296 g/mol. The number of fused-ring (bicyclic) bond motifs is 1. The molecule has 0 heterocycles. The molecule has 0 radical (unpaired) electrons. The lowest BCUT2D eigenvalue weighted by Gasteiger charge is -2.11. The number of amides is 1. The van der Waals surface area contributed by atoms with Crippen LogP contribution in [0.25, 0.3) is 0 Å². The van der Waals surface area contributed by atoms with Gasteiger partial charge in [-0.05, 0) is 36.3 Å². The fourth-order valence-corrected chi connectivity index (χ4v) is 3.20. The molecule has 2 rings (SSSR count). The van der Waals surface area contributed by atoms with Crippen molar-refractivity contribution in [2.75, 3.05) is 12.3 Å². The number of sulfonamides is 1. The molecule has 0 aliphatic heterocycles. The fraction of sp³-hybridized carbons (Fsp3) is 0.500. The molecular weight excluding hydrogens is 276 g/mol. The normalized spacial score (nSPS) is 17.8. The Labute approximate surface area is 119 Å². The van der Waals surface area contributed by atoms with Crippen molar-refractivity contribution in [2.24, 2.45) is 5.14 Å². The van der Waals surface area contributed by atoms with Crippen LogP contribution >= 0.6 is 0 Å². The number of hydrogen-bond acceptors (Lipinski definition) is 3. The number of nitrogens with two attached hydrogens (primary N) is 1. The highest BCUT2D eigenvalue weighted by Crippen LogP contribution is 2.34. The van der Waals surface area contributed by atoms with Crippen LogP contribution in [0.15, 0.2) is 24.3 Å². The number of rotatable bonds is 6. The van der Waals surface area contributed by atoms with Crippen LogP contribution in [-0.4, -0.2) is 26.6 Å². The lowest BCUT2D eigenvalue weighted by atomic mass is 9.97. The van der Waals surface area contributed by atoms with E-state index >= 15 is 0 Å². The van der Waals surface area contributed by atoms with Gasteiger partial charge in [-0.3, -0.25) is 4.79 Å². The molecule has 0 saturated heterocycles. The Morgan fingerprint density at radius 3 is 2.85 bits per heavy atom. The predicted octanol–water partition coefficient (Wildman–Crippen LogP) is 0.901. The van der Waals surface area contributed by atoms with E-state index in [1.165, 1.54) is 11.1 Å². The molecular formula is C14H20N2O3S. The quantitative estimate of drug-likeness (QED) is 0.764. The first-order valence-corrected chi connectivity index (χ1v) is 8.52. The zero-order valence-corrected chi connectivity index (χ0v) is 12.2. The van der Waals surface area contributed by atoms with Gasteiger partial charge in [0.25, 0.3) is 0 Å². The SMILES string of the molecule is NS(=O)(=O)CCCNC(=O)CC1CCc2ccccc21. The first-order chi connectivity index (χ1) is 9.46. The highest BCUT2D eigenvalue weighted by Gasteiger charge is 2.23. The summed E-state index contributed by atoms with van der Waals surface area (Å²) in [5.41, 5.74) is 2.60. The molecule has 0 fully saturated rings. The Kier molecular flexibility index (Phi) is 4.77. The third-order valence-electron chi connectivity index (χ3n) is 3.62. The van der Waals surface area contributed by atoms with Crippen LogP contribution in [-0.2, 0) is 21.2 Å². The predicted molar refractivity (Wildman–Crippen MR) is 77.7 cm³/mol. The van der Waals surface area contributed by atoms with E-state index in [0.717, 1.165) is 12.8 Å². The van der Waals surface area contributed by atoms with E-state index in [1.54, 1.807) is 0 Å². The van der Waals surface area contributed by atoms with E-state index < -0.39 is 10.0 Å². The van der Waals surface area contributed by atoms with E-state index in [4.69, 9.17) is 5.14 Å². The standard InChI is InChI=1S/C14H20N2O3S/c15-20(18,19)9-3-8-16-14(17)10-12-7-6-11-4-1-2-5-13(11)12/h1-2,4-5,12H,3,6-10H2,(H,16,17)(H2,15,18,19). The minimum absolute atomic E-state index is 0.0267. The summed E-state index contributed by atoms with van der Waals surface area (Å²) in [7, 11) is -3.44. The molecule has 1 aliphatic carbocycles. The molecule has 5 nitrogen and oxygen atoms in total. The van der Waals surface area contributed by atoms with Crippen molar-refractivity contribution in [2.45, 2.75) is 31.6 Å². The molecule has 1 aromatic carbocycles. The molecule has 0 bridgehead atoms. The highest BCUT2D eigenvalue weighted by molar-refractivity contribution is 7.89. The number of primary sulfonamides is 1. The Balaban J connectivity index is 1.76. The molecule has 1 aromatic rings. The minimum Gasteiger partial charge on any atom is -0.356 e. The Hall–Kier alpha value is -1.40.